The van der Waals surface area contributed by atoms with Gasteiger partial charge in [-0.1, -0.05) is 36.8 Å². The van der Waals surface area contributed by atoms with Crippen molar-refractivity contribution in [3.05, 3.63) is 35.4 Å². The summed E-state index contributed by atoms with van der Waals surface area (Å²) in [5.74, 6) is 0.925. The molecule has 1 atom stereocenters. The van der Waals surface area contributed by atoms with Crippen molar-refractivity contribution in [1.82, 2.24) is 10.2 Å². The first-order valence-electron chi connectivity index (χ1n) is 8.19. The predicted octanol–water partition coefficient (Wildman–Crippen LogP) is 3.77. The second-order valence-electron chi connectivity index (χ2n) is 6.21. The van der Waals surface area contributed by atoms with E-state index in [1.54, 1.807) is 0 Å². The third kappa shape index (κ3) is 4.07. The second-order valence-corrected chi connectivity index (χ2v) is 6.21. The Hall–Kier alpha value is -0.860. The Kier molecular flexibility index (Phi) is 6.06. The maximum atomic E-state index is 3.28. The molecular weight excluding hydrogens is 244 g/mol. The molecule has 2 nitrogen and oxygen atoms in total. The summed E-state index contributed by atoms with van der Waals surface area (Å²) in [6.07, 6.45) is 5.28. The van der Waals surface area contributed by atoms with Crippen molar-refractivity contribution in [2.24, 2.45) is 5.92 Å². The third-order valence-corrected chi connectivity index (χ3v) is 4.74. The van der Waals surface area contributed by atoms with Gasteiger partial charge in [0.1, 0.15) is 0 Å². The predicted molar refractivity (Wildman–Crippen MR) is 87.1 cm³/mol. The Balaban J connectivity index is 1.91. The lowest BCUT2D eigenvalue weighted by Crippen LogP contribution is -2.37. The van der Waals surface area contributed by atoms with Crippen LogP contribution >= 0.6 is 0 Å². The van der Waals surface area contributed by atoms with Gasteiger partial charge in [0.25, 0.3) is 0 Å². The zero-order valence-electron chi connectivity index (χ0n) is 13.4. The molecule has 0 amide bonds. The number of piperidine rings is 1. The van der Waals surface area contributed by atoms with Crippen molar-refractivity contribution >= 4 is 0 Å². The molecule has 1 unspecified atom stereocenters. The normalized spacial score (nSPS) is 19.1. The SMILES string of the molecule is CCC(c1ccc(C)cc1)N1CCC(CCNC)CC1. The lowest BCUT2D eigenvalue weighted by atomic mass is 9.91. The fourth-order valence-electron chi connectivity index (χ4n) is 3.40. The van der Waals surface area contributed by atoms with Crippen molar-refractivity contribution in [1.29, 1.82) is 0 Å². The van der Waals surface area contributed by atoms with E-state index in [1.807, 2.05) is 0 Å². The maximum absolute atomic E-state index is 3.28. The Morgan fingerprint density at radius 2 is 1.85 bits per heavy atom. The molecule has 1 aromatic rings. The summed E-state index contributed by atoms with van der Waals surface area (Å²) in [7, 11) is 2.06. The van der Waals surface area contributed by atoms with E-state index in [0.717, 1.165) is 5.92 Å². The third-order valence-electron chi connectivity index (χ3n) is 4.74. The van der Waals surface area contributed by atoms with Crippen LogP contribution in [0.3, 0.4) is 0 Å². The highest BCUT2D eigenvalue weighted by molar-refractivity contribution is 5.24. The fourth-order valence-corrected chi connectivity index (χ4v) is 3.40. The topological polar surface area (TPSA) is 15.3 Å². The molecule has 0 saturated carbocycles. The zero-order chi connectivity index (χ0) is 14.4. The van der Waals surface area contributed by atoms with E-state index in [9.17, 15) is 0 Å². The van der Waals surface area contributed by atoms with Gasteiger partial charge in [-0.3, -0.25) is 4.90 Å². The molecule has 1 saturated heterocycles. The van der Waals surface area contributed by atoms with Gasteiger partial charge in [0.2, 0.25) is 0 Å². The Morgan fingerprint density at radius 3 is 2.40 bits per heavy atom. The molecule has 1 N–H and O–H groups in total. The summed E-state index contributed by atoms with van der Waals surface area (Å²) < 4.78 is 0. The Morgan fingerprint density at radius 1 is 1.20 bits per heavy atom. The molecule has 20 heavy (non-hydrogen) atoms. The van der Waals surface area contributed by atoms with E-state index >= 15 is 0 Å². The van der Waals surface area contributed by atoms with Crippen LogP contribution in [0.1, 0.15) is 49.8 Å². The van der Waals surface area contributed by atoms with Gasteiger partial charge in [0.05, 0.1) is 0 Å². The first kappa shape index (κ1) is 15.5. The minimum Gasteiger partial charge on any atom is -0.320 e. The van der Waals surface area contributed by atoms with Gasteiger partial charge in [-0.2, -0.15) is 0 Å². The van der Waals surface area contributed by atoms with Crippen LogP contribution in [0.2, 0.25) is 0 Å². The molecule has 1 aromatic carbocycles. The molecule has 1 heterocycles. The second kappa shape index (κ2) is 7.80. The lowest BCUT2D eigenvalue weighted by Gasteiger charge is -2.37. The van der Waals surface area contributed by atoms with E-state index in [0.29, 0.717) is 6.04 Å². The fraction of sp³-hybridized carbons (Fsp3) is 0.667. The minimum absolute atomic E-state index is 0.612. The van der Waals surface area contributed by atoms with Crippen LogP contribution in [-0.4, -0.2) is 31.6 Å². The van der Waals surface area contributed by atoms with Crippen LogP contribution in [0.25, 0.3) is 0 Å². The van der Waals surface area contributed by atoms with E-state index in [-0.39, 0.29) is 0 Å². The van der Waals surface area contributed by atoms with Crippen LogP contribution in [0.15, 0.2) is 24.3 Å². The first-order valence-corrected chi connectivity index (χ1v) is 8.19. The largest absolute Gasteiger partial charge is 0.320 e. The van der Waals surface area contributed by atoms with Gasteiger partial charge in [0, 0.05) is 6.04 Å². The Labute approximate surface area is 124 Å². The standard InChI is InChI=1S/C18H30N2/c1-4-18(17-7-5-15(2)6-8-17)20-13-10-16(11-14-20)9-12-19-3/h5-8,16,18-19H,4,9-14H2,1-3H3. The average Bonchev–Trinajstić information content (AvgIpc) is 2.49. The maximum Gasteiger partial charge on any atom is 0.0345 e. The summed E-state index contributed by atoms with van der Waals surface area (Å²) in [4.78, 5) is 2.69. The molecule has 2 heteroatoms. The highest BCUT2D eigenvalue weighted by Crippen LogP contribution is 2.30. The molecule has 0 bridgehead atoms. The van der Waals surface area contributed by atoms with Crippen molar-refractivity contribution < 1.29 is 0 Å². The molecular formula is C18H30N2. The molecule has 0 spiro atoms. The van der Waals surface area contributed by atoms with Gasteiger partial charge in [0.15, 0.2) is 0 Å². The molecule has 1 aliphatic rings. The summed E-state index contributed by atoms with van der Waals surface area (Å²) in [6.45, 7) is 8.18. The molecule has 2 rings (SSSR count). The Bertz CT molecular complexity index is 377. The molecule has 112 valence electrons. The molecule has 0 radical (unpaired) electrons. The number of nitrogens with zero attached hydrogens (tertiary/aromatic N) is 1. The quantitative estimate of drug-likeness (QED) is 0.849. The van der Waals surface area contributed by atoms with Crippen LogP contribution in [0.5, 0.6) is 0 Å². The molecule has 1 fully saturated rings. The van der Waals surface area contributed by atoms with Crippen molar-refractivity contribution in [2.45, 2.75) is 45.6 Å². The van der Waals surface area contributed by atoms with Gasteiger partial charge in [-0.05, 0) is 70.8 Å². The highest BCUT2D eigenvalue weighted by Gasteiger charge is 2.24. The summed E-state index contributed by atoms with van der Waals surface area (Å²) in [5, 5.41) is 3.28. The van der Waals surface area contributed by atoms with Crippen LogP contribution in [-0.2, 0) is 0 Å². The summed E-state index contributed by atoms with van der Waals surface area (Å²) >= 11 is 0. The zero-order valence-corrected chi connectivity index (χ0v) is 13.4. The number of rotatable bonds is 6. The molecule has 1 aliphatic heterocycles. The number of hydrogen-bond acceptors (Lipinski definition) is 2. The van der Waals surface area contributed by atoms with Gasteiger partial charge in [-0.15, -0.1) is 0 Å². The monoisotopic (exact) mass is 274 g/mol. The summed E-state index contributed by atoms with van der Waals surface area (Å²) in [5.41, 5.74) is 2.85. The highest BCUT2D eigenvalue weighted by atomic mass is 15.2. The van der Waals surface area contributed by atoms with Crippen LogP contribution in [0.4, 0.5) is 0 Å². The number of likely N-dealkylation sites (tertiary alicyclic amines) is 1. The van der Waals surface area contributed by atoms with Crippen molar-refractivity contribution in [3.8, 4) is 0 Å². The van der Waals surface area contributed by atoms with Crippen LogP contribution < -0.4 is 5.32 Å². The average molecular weight is 274 g/mol. The lowest BCUT2D eigenvalue weighted by molar-refractivity contribution is 0.126. The van der Waals surface area contributed by atoms with E-state index in [1.165, 1.54) is 56.4 Å². The molecule has 0 aromatic heterocycles. The van der Waals surface area contributed by atoms with Crippen molar-refractivity contribution in [2.75, 3.05) is 26.7 Å². The van der Waals surface area contributed by atoms with Gasteiger partial charge in [-0.25, -0.2) is 0 Å². The van der Waals surface area contributed by atoms with Gasteiger partial charge < -0.3 is 5.32 Å². The number of nitrogens with one attached hydrogen (secondary N) is 1. The molecule has 0 aliphatic carbocycles. The van der Waals surface area contributed by atoms with E-state index < -0.39 is 0 Å². The van der Waals surface area contributed by atoms with E-state index in [2.05, 4.69) is 55.4 Å². The smallest absolute Gasteiger partial charge is 0.0345 e. The summed E-state index contributed by atoms with van der Waals surface area (Å²) in [6, 6.07) is 9.74. The first-order chi connectivity index (χ1) is 9.74. The minimum atomic E-state index is 0.612. The number of hydrogen-bond donors (Lipinski definition) is 1. The number of benzene rings is 1. The van der Waals surface area contributed by atoms with E-state index in [4.69, 9.17) is 0 Å². The van der Waals surface area contributed by atoms with Crippen molar-refractivity contribution in [3.63, 3.8) is 0 Å². The number of aryl methyl sites for hydroxylation is 1. The van der Waals surface area contributed by atoms with Gasteiger partial charge >= 0.3 is 0 Å². The van der Waals surface area contributed by atoms with Crippen LogP contribution in [0, 0.1) is 12.8 Å².